The van der Waals surface area contributed by atoms with Gasteiger partial charge >= 0.3 is 36.4 Å². The van der Waals surface area contributed by atoms with Crippen molar-refractivity contribution in [1.29, 1.82) is 0 Å². The molecule has 0 aromatic carbocycles. The zero-order chi connectivity index (χ0) is 43.2. The predicted molar refractivity (Wildman–Crippen MR) is 252 cm³/mol. The number of hydrogen-bond acceptors (Lipinski definition) is 27. The van der Waals surface area contributed by atoms with Gasteiger partial charge in [-0.2, -0.15) is 0 Å². The Hall–Kier alpha value is 4.28. The number of hydrogen-bond donors (Lipinski definition) is 8. The monoisotopic (exact) mass is 1320 g/mol. The van der Waals surface area contributed by atoms with Crippen LogP contribution in [0.1, 0.15) is 0 Å². The quantitative estimate of drug-likeness (QED) is 0.0226. The van der Waals surface area contributed by atoms with Gasteiger partial charge in [-0.05, 0) is 0 Å². The molecule has 50 heteroatoms. The van der Waals surface area contributed by atoms with E-state index in [0.29, 0.717) is 52.4 Å². The van der Waals surface area contributed by atoms with E-state index < -0.39 is 126 Å². The van der Waals surface area contributed by atoms with E-state index in [9.17, 15) is 9.36 Å². The molecular formula is C9H74NNi3O28PSi17-2. The minimum Gasteiger partial charge on any atom is -0.820 e. The van der Waals surface area contributed by atoms with Gasteiger partial charge in [0.05, 0.1) is 0 Å². The van der Waals surface area contributed by atoms with Crippen molar-refractivity contribution in [2.45, 2.75) is 0 Å². The maximum absolute atomic E-state index is 10.7. The summed E-state index contributed by atoms with van der Waals surface area (Å²) < 4.78 is 94.6. The Labute approximate surface area is 420 Å². The van der Waals surface area contributed by atoms with Gasteiger partial charge in [-0.15, -0.1) is 0 Å². The van der Waals surface area contributed by atoms with Crippen LogP contribution >= 0.6 is 7.82 Å². The molecule has 388 valence electrons. The maximum Gasteiger partial charge on any atom is 0.471 e. The number of phosphoric acid groups is 1. The van der Waals surface area contributed by atoms with Crippen LogP contribution in [-0.4, -0.2) is 267 Å². The van der Waals surface area contributed by atoms with Gasteiger partial charge in [-0.25, -0.2) is 4.57 Å². The minimum atomic E-state index is -3.65. The van der Waals surface area contributed by atoms with Crippen molar-refractivity contribution in [2.75, 3.05) is 56.9 Å². The molecule has 0 radical (unpaired) electrons. The van der Waals surface area contributed by atoms with Crippen molar-refractivity contribution in [1.82, 2.24) is 6.15 Å². The summed E-state index contributed by atoms with van der Waals surface area (Å²) in [4.78, 5) is 52.8. The van der Waals surface area contributed by atoms with E-state index in [1.165, 1.54) is 0 Å². The Morgan fingerprint density at radius 3 is 0.797 bits per heavy atom. The Bertz CT molecular complexity index is 528. The molecule has 0 aromatic heterocycles. The Morgan fingerprint density at radius 1 is 0.492 bits per heavy atom. The largest absolute Gasteiger partial charge is 0.820 e. The van der Waals surface area contributed by atoms with Gasteiger partial charge in [0.15, 0.2) is 0 Å². The Kier molecular flexibility index (Phi) is 172. The summed E-state index contributed by atoms with van der Waals surface area (Å²) in [5, 5.41) is 14.0. The summed E-state index contributed by atoms with van der Waals surface area (Å²) in [6.07, 6.45) is 0. The Morgan fingerprint density at radius 2 is 0.661 bits per heavy atom. The van der Waals surface area contributed by atoms with Crippen LogP contribution in [-0.2, 0) is 130 Å². The summed E-state index contributed by atoms with van der Waals surface area (Å²) in [7, 11) is -7.77. The number of phosphoric ester groups is 1. The first-order chi connectivity index (χ1) is 25.4. The SMILES string of the molecule is CO.CO.COP(=O)(O)OC.CO[SiH2]O[SiH](O)O[SiH2]OC.CO[SiH2]O[SiH](O)O[SiH2]OC.N.O.O[SiH3].O[SiH](O[SiH2]O[SiH3])O[SiH2]O[SiH3].[CH3-].[Ni].[Ni].[Ni].[O-][SiH](O[SiH2]O[SiH3])O[SiH2]O[SiH3]. The van der Waals surface area contributed by atoms with E-state index in [1.807, 2.05) is 0 Å². The molecular weight excluding hydrogens is 1250 g/mol. The van der Waals surface area contributed by atoms with Gasteiger partial charge in [0.2, 0.25) is 9.53 Å². The van der Waals surface area contributed by atoms with Crippen LogP contribution in [0.3, 0.4) is 0 Å². The van der Waals surface area contributed by atoms with E-state index in [-0.39, 0.29) is 68.5 Å². The number of aliphatic hydroxyl groups is 2. The molecule has 0 aliphatic heterocycles. The van der Waals surface area contributed by atoms with Gasteiger partial charge in [0.25, 0.3) is 80.1 Å². The van der Waals surface area contributed by atoms with E-state index in [1.54, 1.807) is 28.4 Å². The van der Waals surface area contributed by atoms with E-state index in [4.69, 9.17) is 83.7 Å². The summed E-state index contributed by atoms with van der Waals surface area (Å²) in [6.45, 7) is 0. The molecule has 59 heavy (non-hydrogen) atoms. The number of aliphatic hydroxyl groups excluding tert-OH is 2. The number of rotatable bonds is 26. The fourth-order valence-electron chi connectivity index (χ4n) is 1.27. The molecule has 0 aromatic rings. The second-order valence-electron chi connectivity index (χ2n) is 6.63. The third-order valence-corrected chi connectivity index (χ3v) is 22.1. The van der Waals surface area contributed by atoms with Crippen molar-refractivity contribution in [3.63, 3.8) is 0 Å². The smallest absolute Gasteiger partial charge is 0.471 e. The van der Waals surface area contributed by atoms with Gasteiger partial charge in [0.1, 0.15) is 52.4 Å². The molecule has 29 nitrogen and oxygen atoms in total. The molecule has 0 atom stereocenters. The zero-order valence-electron chi connectivity index (χ0n) is 35.9. The van der Waals surface area contributed by atoms with E-state index >= 15 is 0 Å². The third-order valence-electron chi connectivity index (χ3n) is 3.08. The molecule has 12 N–H and O–H groups in total. The average molecular weight is 1330 g/mol. The normalized spacial score (nSPS) is 12.7. The second kappa shape index (κ2) is 100. The Balaban J connectivity index is -0.0000000339. The van der Waals surface area contributed by atoms with Crippen molar-refractivity contribution in [2.24, 2.45) is 0 Å². The minimum absolute atomic E-state index is 0. The summed E-state index contributed by atoms with van der Waals surface area (Å²) in [6, 6.07) is 0. The summed E-state index contributed by atoms with van der Waals surface area (Å²) in [5.41, 5.74) is 0. The standard InChI is InChI=1S/2C2H12O5Si3.C2H7O4P.2CH4O.CH3.H3N.3Ni.H12O5Si5.H11O5Si5.H4OSi.H2O/c2*1-4-8-6-10(3)7-9-5-2;1-5-7(3,4)6-2;2*1-2;;;;;;2*1-10(4-8-2-6)5-9-3-7;1-2;/h2*3,10H,8-9H2,1-2H3;1-2H3,(H,3,4);2*2H,1H3;2*1H3;;;;1,10H,8-9H2,6-7H3;10H,8-9H2,6-7H3;1H,2H3;1H2/q;;;;;-1;;;;;;-1;;. The fourth-order valence-corrected chi connectivity index (χ4v) is 19.4. The molecule has 0 unspecified atom stereocenters. The van der Waals surface area contributed by atoms with Crippen LogP contribution in [0.2, 0.25) is 0 Å². The first-order valence-electron chi connectivity index (χ1n) is 13.7. The molecule has 0 saturated heterocycles. The molecule has 0 heterocycles. The van der Waals surface area contributed by atoms with Crippen molar-refractivity contribution in [3.05, 3.63) is 7.43 Å². The van der Waals surface area contributed by atoms with Crippen molar-refractivity contribution < 1.29 is 175 Å². The zero-order valence-corrected chi connectivity index (χ0v) is 65.7. The van der Waals surface area contributed by atoms with Crippen molar-refractivity contribution in [3.8, 4) is 0 Å². The fraction of sp³-hybridized carbons (Fsp3) is 0.889. The van der Waals surface area contributed by atoms with Gasteiger partial charge in [-0.3, -0.25) is 9.05 Å². The van der Waals surface area contributed by atoms with Gasteiger partial charge < -0.3 is 125 Å². The molecule has 0 fully saturated rings. The summed E-state index contributed by atoms with van der Waals surface area (Å²) >= 11 is 0. The third kappa shape index (κ3) is 127. The second-order valence-corrected chi connectivity index (χ2v) is 34.8. The van der Waals surface area contributed by atoms with Crippen LogP contribution in [0.15, 0.2) is 0 Å². The first-order valence-corrected chi connectivity index (χ1v) is 34.4. The summed E-state index contributed by atoms with van der Waals surface area (Å²) in [5.74, 6) is 0. The van der Waals surface area contributed by atoms with Crippen LogP contribution in [0.5, 0.6) is 0 Å². The molecule has 0 spiro atoms. The molecule has 0 aliphatic carbocycles. The van der Waals surface area contributed by atoms with E-state index in [0.717, 1.165) is 28.4 Å². The van der Waals surface area contributed by atoms with E-state index in [2.05, 4.69) is 26.8 Å². The molecule has 0 rings (SSSR count). The van der Waals surface area contributed by atoms with Crippen LogP contribution in [0, 0.1) is 7.43 Å². The molecule has 0 saturated carbocycles. The molecule has 0 aliphatic rings. The average Bonchev–Trinajstić information content (AvgIpc) is 3.20. The first kappa shape index (κ1) is 101. The maximum atomic E-state index is 10.7. The predicted octanol–water partition coefficient (Wildman–Crippen LogP) is -20.3. The van der Waals surface area contributed by atoms with Crippen LogP contribution in [0.4, 0.5) is 0 Å². The topological polar surface area (TPSA) is 414 Å². The van der Waals surface area contributed by atoms with Crippen LogP contribution in [0.25, 0.3) is 0 Å². The van der Waals surface area contributed by atoms with Crippen LogP contribution < -0.4 is 10.9 Å². The molecule has 0 bridgehead atoms. The van der Waals surface area contributed by atoms with Crippen molar-refractivity contribution >= 4 is 178 Å². The van der Waals surface area contributed by atoms with Gasteiger partial charge in [-0.1, -0.05) is 0 Å². The van der Waals surface area contributed by atoms with Gasteiger partial charge in [0, 0.05) is 106 Å². The molecule has 0 amide bonds.